The highest BCUT2D eigenvalue weighted by molar-refractivity contribution is 7.08. The highest BCUT2D eigenvalue weighted by Crippen LogP contribution is 2.43. The second-order valence-corrected chi connectivity index (χ2v) is 8.33. The number of thiophene rings is 1. The van der Waals surface area contributed by atoms with E-state index in [9.17, 15) is 9.59 Å². The topological polar surface area (TPSA) is 58.6 Å². The Hall–Kier alpha value is -1.40. The minimum atomic E-state index is -0.418. The maximum Gasteiger partial charge on any atom is 0.228 e. The number of nitrogens with one attached hydrogen (secondary N) is 1. The summed E-state index contributed by atoms with van der Waals surface area (Å²) in [6.45, 7) is 5.31. The summed E-state index contributed by atoms with van der Waals surface area (Å²) < 4.78 is 5.12. The molecule has 3 heterocycles. The number of hydrogen-bond acceptors (Lipinski definition) is 4. The Morgan fingerprint density at radius 1 is 1.46 bits per heavy atom. The van der Waals surface area contributed by atoms with Crippen molar-refractivity contribution < 1.29 is 14.3 Å². The molecule has 1 N–H and O–H groups in total. The van der Waals surface area contributed by atoms with Crippen molar-refractivity contribution in [2.24, 2.45) is 11.3 Å². The molecule has 2 amide bonds. The first kappa shape index (κ1) is 17.4. The fourth-order valence-corrected chi connectivity index (χ4v) is 4.40. The van der Waals surface area contributed by atoms with E-state index in [4.69, 9.17) is 4.74 Å². The van der Waals surface area contributed by atoms with E-state index in [1.54, 1.807) is 18.4 Å². The molecule has 132 valence electrons. The van der Waals surface area contributed by atoms with Crippen LogP contribution in [0.2, 0.25) is 0 Å². The average molecular weight is 350 g/mol. The SMILES string of the molecule is COCCC(C)(C)C(=O)N1CC2CC1C2NC(=O)Cc1ccsc1. The molecule has 2 bridgehead atoms. The van der Waals surface area contributed by atoms with Gasteiger partial charge >= 0.3 is 0 Å². The van der Waals surface area contributed by atoms with Gasteiger partial charge in [-0.15, -0.1) is 0 Å². The molecule has 1 aliphatic carbocycles. The molecule has 2 aliphatic heterocycles. The number of amides is 2. The lowest BCUT2D eigenvalue weighted by Gasteiger charge is -2.38. The molecule has 3 atom stereocenters. The van der Waals surface area contributed by atoms with E-state index >= 15 is 0 Å². The maximum absolute atomic E-state index is 12.9. The Bertz CT molecular complexity index is 599. The summed E-state index contributed by atoms with van der Waals surface area (Å²) in [5, 5.41) is 7.13. The molecule has 3 aliphatic rings. The molecule has 24 heavy (non-hydrogen) atoms. The molecule has 6 heteroatoms. The molecular weight excluding hydrogens is 324 g/mol. The second-order valence-electron chi connectivity index (χ2n) is 7.55. The maximum atomic E-state index is 12.9. The predicted octanol–water partition coefficient (Wildman–Crippen LogP) is 2.07. The molecule has 1 aromatic rings. The zero-order valence-corrected chi connectivity index (χ0v) is 15.4. The van der Waals surface area contributed by atoms with Crippen LogP contribution in [0.25, 0.3) is 0 Å². The number of methoxy groups -OCH3 is 1. The Kier molecular flexibility index (Phi) is 4.97. The molecule has 0 radical (unpaired) electrons. The van der Waals surface area contributed by atoms with Crippen molar-refractivity contribution in [1.29, 1.82) is 0 Å². The van der Waals surface area contributed by atoms with E-state index in [1.165, 1.54) is 0 Å². The van der Waals surface area contributed by atoms with Gasteiger partial charge in [-0.2, -0.15) is 11.3 Å². The van der Waals surface area contributed by atoms with Crippen molar-refractivity contribution >= 4 is 23.2 Å². The molecular formula is C18H26N2O3S. The van der Waals surface area contributed by atoms with Crippen LogP contribution in [0.1, 0.15) is 32.3 Å². The van der Waals surface area contributed by atoms with Crippen molar-refractivity contribution in [2.45, 2.75) is 45.2 Å². The number of hydrogen-bond donors (Lipinski definition) is 1. The fourth-order valence-electron chi connectivity index (χ4n) is 3.73. The number of carbonyl (C=O) groups is 2. The Labute approximate surface area is 147 Å². The van der Waals surface area contributed by atoms with Gasteiger partial charge in [0.2, 0.25) is 11.8 Å². The molecule has 2 saturated heterocycles. The van der Waals surface area contributed by atoms with Crippen molar-refractivity contribution in [3.8, 4) is 0 Å². The fraction of sp³-hybridized carbons (Fsp3) is 0.667. The Morgan fingerprint density at radius 3 is 2.92 bits per heavy atom. The number of ether oxygens (including phenoxy) is 1. The summed E-state index contributed by atoms with van der Waals surface area (Å²) in [6, 6.07) is 2.27. The third-order valence-corrected chi connectivity index (χ3v) is 6.07. The molecule has 0 spiro atoms. The van der Waals surface area contributed by atoms with Gasteiger partial charge in [-0.05, 0) is 35.2 Å². The Morgan fingerprint density at radius 2 is 2.25 bits per heavy atom. The Balaban J connectivity index is 1.55. The first-order valence-corrected chi connectivity index (χ1v) is 9.47. The van der Waals surface area contributed by atoms with E-state index in [0.29, 0.717) is 25.4 Å². The van der Waals surface area contributed by atoms with Gasteiger partial charge in [0, 0.05) is 31.6 Å². The summed E-state index contributed by atoms with van der Waals surface area (Å²) in [5.74, 6) is 0.645. The van der Waals surface area contributed by atoms with Crippen molar-refractivity contribution in [3.05, 3.63) is 22.4 Å². The first-order valence-electron chi connectivity index (χ1n) is 8.53. The number of rotatable bonds is 7. The van der Waals surface area contributed by atoms with Crippen molar-refractivity contribution in [2.75, 3.05) is 20.3 Å². The molecule has 5 nitrogen and oxygen atoms in total. The second kappa shape index (κ2) is 6.84. The van der Waals surface area contributed by atoms with Gasteiger partial charge in [-0.25, -0.2) is 0 Å². The highest BCUT2D eigenvalue weighted by atomic mass is 32.1. The van der Waals surface area contributed by atoms with Crippen LogP contribution in [0, 0.1) is 11.3 Å². The van der Waals surface area contributed by atoms with E-state index in [0.717, 1.165) is 18.5 Å². The quantitative estimate of drug-likeness (QED) is 0.819. The van der Waals surface area contributed by atoms with Gasteiger partial charge < -0.3 is 15.0 Å². The van der Waals surface area contributed by atoms with Gasteiger partial charge in [-0.1, -0.05) is 13.8 Å². The average Bonchev–Trinajstić information content (AvgIpc) is 3.25. The van der Waals surface area contributed by atoms with Crippen molar-refractivity contribution in [3.63, 3.8) is 0 Å². The summed E-state index contributed by atoms with van der Waals surface area (Å²) in [7, 11) is 1.66. The minimum Gasteiger partial charge on any atom is -0.385 e. The number of fused-ring (bicyclic) bond motifs is 1. The van der Waals surface area contributed by atoms with Gasteiger partial charge in [-0.3, -0.25) is 9.59 Å². The van der Waals surface area contributed by atoms with Crippen LogP contribution in [0.15, 0.2) is 16.8 Å². The lowest BCUT2D eigenvalue weighted by Crippen LogP contribution is -2.56. The van der Waals surface area contributed by atoms with Crippen LogP contribution in [0.5, 0.6) is 0 Å². The molecule has 4 rings (SSSR count). The van der Waals surface area contributed by atoms with E-state index in [-0.39, 0.29) is 23.9 Å². The smallest absolute Gasteiger partial charge is 0.228 e. The third kappa shape index (κ3) is 3.35. The normalized spacial score (nSPS) is 25.5. The third-order valence-electron chi connectivity index (χ3n) is 5.34. The number of nitrogens with zero attached hydrogens (tertiary/aromatic N) is 1. The van der Waals surface area contributed by atoms with Gasteiger partial charge in [0.1, 0.15) is 0 Å². The molecule has 1 saturated carbocycles. The van der Waals surface area contributed by atoms with Crippen LogP contribution in [0.3, 0.4) is 0 Å². The van der Waals surface area contributed by atoms with Crippen LogP contribution in [-0.2, 0) is 20.7 Å². The summed E-state index contributed by atoms with van der Waals surface area (Å²) in [5.41, 5.74) is 0.636. The predicted molar refractivity (Wildman–Crippen MR) is 93.8 cm³/mol. The number of carbonyl (C=O) groups excluding carboxylic acids is 2. The van der Waals surface area contributed by atoms with Crippen LogP contribution >= 0.6 is 11.3 Å². The minimum absolute atomic E-state index is 0.0565. The lowest BCUT2D eigenvalue weighted by atomic mass is 9.79. The van der Waals surface area contributed by atoms with Crippen LogP contribution in [-0.4, -0.2) is 49.1 Å². The van der Waals surface area contributed by atoms with E-state index in [1.807, 2.05) is 35.6 Å². The van der Waals surface area contributed by atoms with E-state index in [2.05, 4.69) is 5.32 Å². The van der Waals surface area contributed by atoms with Crippen LogP contribution in [0.4, 0.5) is 0 Å². The summed E-state index contributed by atoms with van der Waals surface area (Å²) in [6.07, 6.45) is 2.15. The van der Waals surface area contributed by atoms with Gasteiger partial charge in [0.15, 0.2) is 0 Å². The molecule has 0 aromatic carbocycles. The molecule has 3 unspecified atom stereocenters. The summed E-state index contributed by atoms with van der Waals surface area (Å²) >= 11 is 1.60. The zero-order chi connectivity index (χ0) is 17.3. The first-order chi connectivity index (χ1) is 11.4. The zero-order valence-electron chi connectivity index (χ0n) is 14.6. The molecule has 3 fully saturated rings. The van der Waals surface area contributed by atoms with E-state index < -0.39 is 5.41 Å². The largest absolute Gasteiger partial charge is 0.385 e. The van der Waals surface area contributed by atoms with Crippen LogP contribution < -0.4 is 5.32 Å². The lowest BCUT2D eigenvalue weighted by molar-refractivity contribution is -0.142. The summed E-state index contributed by atoms with van der Waals surface area (Å²) in [4.78, 5) is 27.1. The standard InChI is InChI=1S/C18H26N2O3S/c1-18(2,5-6-23-3)17(22)20-10-13-9-14(20)16(13)19-15(21)8-12-4-7-24-11-12/h4,7,11,13-14,16H,5-6,8-10H2,1-3H3,(H,19,21). The van der Waals surface area contributed by atoms with Crippen molar-refractivity contribution in [1.82, 2.24) is 10.2 Å². The van der Waals surface area contributed by atoms with Gasteiger partial charge in [0.25, 0.3) is 0 Å². The van der Waals surface area contributed by atoms with Gasteiger partial charge in [0.05, 0.1) is 18.5 Å². The monoisotopic (exact) mass is 350 g/mol. The molecule has 1 aromatic heterocycles. The highest BCUT2D eigenvalue weighted by Gasteiger charge is 2.55.